The monoisotopic (exact) mass is 337 g/mol. The molecule has 24 heavy (non-hydrogen) atoms. The quantitative estimate of drug-likeness (QED) is 0.663. The van der Waals surface area contributed by atoms with Crippen molar-refractivity contribution in [2.75, 3.05) is 0 Å². The van der Waals surface area contributed by atoms with Crippen LogP contribution in [0.5, 0.6) is 0 Å². The van der Waals surface area contributed by atoms with Gasteiger partial charge in [-0.15, -0.1) is 11.3 Å². The van der Waals surface area contributed by atoms with Crippen molar-refractivity contribution in [2.24, 2.45) is 0 Å². The van der Waals surface area contributed by atoms with Gasteiger partial charge in [-0.3, -0.25) is 4.79 Å². The fourth-order valence-electron chi connectivity index (χ4n) is 3.17. The molecule has 0 saturated heterocycles. The Bertz CT molecular complexity index is 809. The smallest absolute Gasteiger partial charge is 0.227 e. The number of hydrogen-bond acceptors (Lipinski definition) is 2. The zero-order valence-corrected chi connectivity index (χ0v) is 15.0. The molecule has 2 aromatic carbocycles. The van der Waals surface area contributed by atoms with Crippen molar-refractivity contribution in [2.45, 2.75) is 38.6 Å². The highest BCUT2D eigenvalue weighted by Crippen LogP contribution is 2.27. The van der Waals surface area contributed by atoms with E-state index in [1.807, 2.05) is 30.3 Å². The highest BCUT2D eigenvalue weighted by Gasteiger charge is 2.20. The molecule has 2 nitrogen and oxygen atoms in total. The van der Waals surface area contributed by atoms with Crippen LogP contribution in [0.25, 0.3) is 10.1 Å². The van der Waals surface area contributed by atoms with E-state index in [-0.39, 0.29) is 17.9 Å². The molecular weight excluding hydrogens is 314 g/mol. The van der Waals surface area contributed by atoms with Gasteiger partial charge in [0.1, 0.15) is 0 Å². The first kappa shape index (κ1) is 16.7. The van der Waals surface area contributed by atoms with Crippen LogP contribution < -0.4 is 5.32 Å². The molecule has 0 unspecified atom stereocenters. The van der Waals surface area contributed by atoms with Gasteiger partial charge in [0.15, 0.2) is 0 Å². The third-order valence-electron chi connectivity index (χ3n) is 4.40. The Kier molecular flexibility index (Phi) is 5.31. The van der Waals surface area contributed by atoms with Crippen LogP contribution in [-0.2, 0) is 11.2 Å². The number of benzene rings is 2. The highest BCUT2D eigenvalue weighted by molar-refractivity contribution is 7.17. The number of thiophene rings is 1. The van der Waals surface area contributed by atoms with Crippen LogP contribution in [0, 0.1) is 0 Å². The highest BCUT2D eigenvalue weighted by atomic mass is 32.1. The van der Waals surface area contributed by atoms with Crippen molar-refractivity contribution < 1.29 is 4.79 Å². The Hall–Kier alpha value is -2.13. The molecule has 0 saturated carbocycles. The lowest BCUT2D eigenvalue weighted by atomic mass is 9.95. The average Bonchev–Trinajstić information content (AvgIpc) is 2.99. The Morgan fingerprint density at radius 3 is 2.54 bits per heavy atom. The summed E-state index contributed by atoms with van der Waals surface area (Å²) in [6.45, 7) is 4.15. The first-order valence-corrected chi connectivity index (χ1v) is 9.37. The molecule has 3 aromatic rings. The fourth-order valence-corrected chi connectivity index (χ4v) is 4.15. The molecule has 0 bridgehead atoms. The summed E-state index contributed by atoms with van der Waals surface area (Å²) in [4.78, 5) is 12.7. The van der Waals surface area contributed by atoms with Gasteiger partial charge in [-0.1, -0.05) is 55.5 Å². The maximum absolute atomic E-state index is 12.7. The maximum Gasteiger partial charge on any atom is 0.227 e. The first-order valence-electron chi connectivity index (χ1n) is 8.49. The summed E-state index contributed by atoms with van der Waals surface area (Å²) in [5.41, 5.74) is 2.40. The number of carbonyl (C=O) groups excluding carboxylic acids is 1. The third-order valence-corrected chi connectivity index (χ3v) is 5.41. The molecule has 1 N–H and O–H groups in total. The summed E-state index contributed by atoms with van der Waals surface area (Å²) in [6, 6.07) is 18.6. The number of amides is 1. The van der Waals surface area contributed by atoms with Crippen molar-refractivity contribution in [1.82, 2.24) is 5.32 Å². The molecule has 0 radical (unpaired) electrons. The van der Waals surface area contributed by atoms with Crippen molar-refractivity contribution in [1.29, 1.82) is 0 Å². The second kappa shape index (κ2) is 7.63. The van der Waals surface area contributed by atoms with Gasteiger partial charge in [-0.2, -0.15) is 0 Å². The molecule has 1 heterocycles. The molecule has 1 aromatic heterocycles. The van der Waals surface area contributed by atoms with Gasteiger partial charge in [-0.25, -0.2) is 0 Å². The summed E-state index contributed by atoms with van der Waals surface area (Å²) in [5, 5.41) is 6.71. The summed E-state index contributed by atoms with van der Waals surface area (Å²) in [7, 11) is 0. The van der Waals surface area contributed by atoms with E-state index in [0.29, 0.717) is 0 Å². The van der Waals surface area contributed by atoms with E-state index in [0.717, 1.165) is 18.4 Å². The van der Waals surface area contributed by atoms with Crippen LogP contribution in [0.1, 0.15) is 37.3 Å². The third kappa shape index (κ3) is 3.68. The number of rotatable bonds is 6. The van der Waals surface area contributed by atoms with Crippen molar-refractivity contribution in [3.63, 3.8) is 0 Å². The van der Waals surface area contributed by atoms with Crippen LogP contribution in [0.3, 0.4) is 0 Å². The molecule has 0 aliphatic carbocycles. The SMILES string of the molecule is CC[C@H](C(=O)N[C@@H](C)Cc1csc2ccccc12)c1ccccc1. The van der Waals surface area contributed by atoms with Crippen LogP contribution in [0.4, 0.5) is 0 Å². The van der Waals surface area contributed by atoms with Crippen molar-refractivity contribution >= 4 is 27.3 Å². The van der Waals surface area contributed by atoms with E-state index in [1.165, 1.54) is 15.6 Å². The van der Waals surface area contributed by atoms with Crippen LogP contribution in [-0.4, -0.2) is 11.9 Å². The second-order valence-electron chi connectivity index (χ2n) is 6.24. The van der Waals surface area contributed by atoms with Gasteiger partial charge in [0.2, 0.25) is 5.91 Å². The Morgan fingerprint density at radius 1 is 1.08 bits per heavy atom. The minimum atomic E-state index is -0.0760. The number of hydrogen-bond donors (Lipinski definition) is 1. The molecular formula is C21H23NOS. The Balaban J connectivity index is 1.67. The van der Waals surface area contributed by atoms with E-state index >= 15 is 0 Å². The lowest BCUT2D eigenvalue weighted by Gasteiger charge is -2.19. The molecule has 3 heteroatoms. The molecule has 0 aliphatic heterocycles. The van der Waals surface area contributed by atoms with Crippen LogP contribution >= 0.6 is 11.3 Å². The number of carbonyl (C=O) groups is 1. The predicted molar refractivity (Wildman–Crippen MR) is 103 cm³/mol. The second-order valence-corrected chi connectivity index (χ2v) is 7.15. The summed E-state index contributed by atoms with van der Waals surface area (Å²) in [6.07, 6.45) is 1.67. The summed E-state index contributed by atoms with van der Waals surface area (Å²) < 4.78 is 1.31. The van der Waals surface area contributed by atoms with Crippen LogP contribution in [0.15, 0.2) is 60.0 Å². The van der Waals surface area contributed by atoms with Gasteiger partial charge >= 0.3 is 0 Å². The zero-order chi connectivity index (χ0) is 16.9. The van der Waals surface area contributed by atoms with Gasteiger partial charge < -0.3 is 5.32 Å². The minimum Gasteiger partial charge on any atom is -0.353 e. The molecule has 1 amide bonds. The lowest BCUT2D eigenvalue weighted by molar-refractivity contribution is -0.123. The molecule has 0 aliphatic rings. The normalized spacial score (nSPS) is 13.6. The van der Waals surface area contributed by atoms with E-state index < -0.39 is 0 Å². The largest absolute Gasteiger partial charge is 0.353 e. The molecule has 2 atom stereocenters. The topological polar surface area (TPSA) is 29.1 Å². The summed E-state index contributed by atoms with van der Waals surface area (Å²) >= 11 is 1.77. The van der Waals surface area contributed by atoms with E-state index in [1.54, 1.807) is 11.3 Å². The Labute approximate surface area is 147 Å². The number of nitrogens with one attached hydrogen (secondary N) is 1. The van der Waals surface area contributed by atoms with Gasteiger partial charge in [0.05, 0.1) is 5.92 Å². The lowest BCUT2D eigenvalue weighted by Crippen LogP contribution is -2.37. The average molecular weight is 337 g/mol. The zero-order valence-electron chi connectivity index (χ0n) is 14.2. The maximum atomic E-state index is 12.7. The Morgan fingerprint density at radius 2 is 1.79 bits per heavy atom. The van der Waals surface area contributed by atoms with Gasteiger partial charge in [0.25, 0.3) is 0 Å². The first-order chi connectivity index (χ1) is 11.7. The molecule has 3 rings (SSSR count). The fraction of sp³-hybridized carbons (Fsp3) is 0.286. The van der Waals surface area contributed by atoms with Crippen LogP contribution in [0.2, 0.25) is 0 Å². The van der Waals surface area contributed by atoms with Gasteiger partial charge in [-0.05, 0) is 47.7 Å². The molecule has 0 spiro atoms. The summed E-state index contributed by atoms with van der Waals surface area (Å²) in [5.74, 6) is 0.0450. The van der Waals surface area contributed by atoms with Crippen molar-refractivity contribution in [3.8, 4) is 0 Å². The predicted octanol–water partition coefficient (Wildman–Crippen LogP) is 5.14. The van der Waals surface area contributed by atoms with E-state index in [2.05, 4.69) is 48.8 Å². The van der Waals surface area contributed by atoms with Gasteiger partial charge in [0, 0.05) is 10.7 Å². The molecule has 0 fully saturated rings. The minimum absolute atomic E-state index is 0.0760. The van der Waals surface area contributed by atoms with E-state index in [4.69, 9.17) is 0 Å². The van der Waals surface area contributed by atoms with E-state index in [9.17, 15) is 4.79 Å². The van der Waals surface area contributed by atoms with Crippen molar-refractivity contribution in [3.05, 3.63) is 71.1 Å². The number of fused-ring (bicyclic) bond motifs is 1. The standard InChI is InChI=1S/C21H23NOS/c1-3-18(16-9-5-4-6-10-16)21(23)22-15(2)13-17-14-24-20-12-8-7-11-19(17)20/h4-12,14-15,18H,3,13H2,1-2H3,(H,22,23)/t15-,18-/m0/s1. The molecule has 124 valence electrons.